The molecule has 0 bridgehead atoms. The van der Waals surface area contributed by atoms with Crippen molar-refractivity contribution in [3.8, 4) is 0 Å². The quantitative estimate of drug-likeness (QED) is 0.658. The highest BCUT2D eigenvalue weighted by Crippen LogP contribution is 2.15. The van der Waals surface area contributed by atoms with Gasteiger partial charge in [0.05, 0.1) is 5.39 Å². The fourth-order valence-electron chi connectivity index (χ4n) is 1.63. The Hall–Kier alpha value is -2.43. The lowest BCUT2D eigenvalue weighted by molar-refractivity contribution is -0.135. The molecule has 5 heteroatoms. The van der Waals surface area contributed by atoms with Crippen LogP contribution < -0.4 is 5.43 Å². The first-order valence-electron chi connectivity index (χ1n) is 5.27. The van der Waals surface area contributed by atoms with E-state index in [0.717, 1.165) is 11.6 Å². The van der Waals surface area contributed by atoms with Gasteiger partial charge in [0.25, 0.3) is 0 Å². The van der Waals surface area contributed by atoms with E-state index in [4.69, 9.17) is 9.52 Å². The Bertz CT molecular complexity index is 696. The number of fused-ring (bicyclic) bond motifs is 1. The molecule has 1 aromatic carbocycles. The zero-order valence-corrected chi connectivity index (χ0v) is 9.60. The van der Waals surface area contributed by atoms with Gasteiger partial charge in [-0.25, -0.2) is 0 Å². The van der Waals surface area contributed by atoms with E-state index < -0.39 is 18.2 Å². The van der Waals surface area contributed by atoms with E-state index in [9.17, 15) is 14.4 Å². The van der Waals surface area contributed by atoms with E-state index in [0.29, 0.717) is 5.39 Å². The Balaban J connectivity index is 2.56. The molecule has 0 aliphatic rings. The maximum Gasteiger partial charge on any atom is 0.311 e. The molecule has 92 valence electrons. The summed E-state index contributed by atoms with van der Waals surface area (Å²) >= 11 is 0. The molecule has 0 unspecified atom stereocenters. The molecule has 0 saturated carbocycles. The number of carboxylic acid groups (broad SMARTS) is 1. The summed E-state index contributed by atoms with van der Waals surface area (Å²) in [5.41, 5.74) is 0.829. The van der Waals surface area contributed by atoms with Crippen molar-refractivity contribution in [1.29, 1.82) is 0 Å². The summed E-state index contributed by atoms with van der Waals surface area (Å²) in [6, 6.07) is 6.03. The Labute approximate surface area is 102 Å². The summed E-state index contributed by atoms with van der Waals surface area (Å²) in [5, 5.41) is 8.90. The molecule has 18 heavy (non-hydrogen) atoms. The van der Waals surface area contributed by atoms with Crippen LogP contribution in [0.15, 0.2) is 33.5 Å². The number of benzene rings is 1. The summed E-state index contributed by atoms with van der Waals surface area (Å²) in [6.07, 6.45) is -0.694. The van der Waals surface area contributed by atoms with Gasteiger partial charge in [-0.05, 0) is 19.1 Å². The second-order valence-electron chi connectivity index (χ2n) is 3.97. The van der Waals surface area contributed by atoms with Crippen molar-refractivity contribution in [1.82, 2.24) is 0 Å². The molecule has 1 N–H and O–H groups in total. The van der Waals surface area contributed by atoms with E-state index in [-0.39, 0.29) is 16.8 Å². The van der Waals surface area contributed by atoms with Gasteiger partial charge in [-0.3, -0.25) is 14.4 Å². The largest absolute Gasteiger partial charge is 0.481 e. The summed E-state index contributed by atoms with van der Waals surface area (Å²) in [6.45, 7) is 1.84. The minimum absolute atomic E-state index is 0.223. The van der Waals surface area contributed by atoms with Crippen molar-refractivity contribution in [3.63, 3.8) is 0 Å². The van der Waals surface area contributed by atoms with Crippen LogP contribution in [0.4, 0.5) is 0 Å². The average Bonchev–Trinajstić information content (AvgIpc) is 2.29. The summed E-state index contributed by atoms with van der Waals surface area (Å²) in [5.74, 6) is -2.20. The molecule has 0 aliphatic carbocycles. The van der Waals surface area contributed by atoms with Gasteiger partial charge in [0.2, 0.25) is 5.78 Å². The van der Waals surface area contributed by atoms with Crippen LogP contribution in [0.1, 0.15) is 22.5 Å². The second-order valence-corrected chi connectivity index (χ2v) is 3.97. The Kier molecular flexibility index (Phi) is 2.97. The van der Waals surface area contributed by atoms with Crippen LogP contribution in [0.25, 0.3) is 11.0 Å². The van der Waals surface area contributed by atoms with E-state index in [2.05, 4.69) is 0 Å². The lowest BCUT2D eigenvalue weighted by Gasteiger charge is -2.01. The van der Waals surface area contributed by atoms with Crippen LogP contribution in [0.3, 0.4) is 0 Å². The lowest BCUT2D eigenvalue weighted by Crippen LogP contribution is -2.11. The minimum atomic E-state index is -1.26. The normalized spacial score (nSPS) is 10.5. The molecule has 0 fully saturated rings. The summed E-state index contributed by atoms with van der Waals surface area (Å²) in [4.78, 5) is 33.7. The van der Waals surface area contributed by atoms with E-state index in [1.165, 1.54) is 0 Å². The highest BCUT2D eigenvalue weighted by molar-refractivity contribution is 6.04. The standard InChI is InChI=1S/C13H10O5/c1-7-2-3-11-8(4-7)9(14)5-12(18-11)10(15)6-13(16)17/h2-5H,6H2,1H3,(H,16,17). The first-order valence-corrected chi connectivity index (χ1v) is 5.27. The molecule has 5 nitrogen and oxygen atoms in total. The van der Waals surface area contributed by atoms with Crippen LogP contribution in [0, 0.1) is 6.92 Å². The van der Waals surface area contributed by atoms with Crippen molar-refractivity contribution in [2.45, 2.75) is 13.3 Å². The average molecular weight is 246 g/mol. The first-order chi connectivity index (χ1) is 8.47. The van der Waals surface area contributed by atoms with Crippen LogP contribution in [0.5, 0.6) is 0 Å². The summed E-state index contributed by atoms with van der Waals surface area (Å²) in [7, 11) is 0. The van der Waals surface area contributed by atoms with Gasteiger partial charge in [0, 0.05) is 6.07 Å². The Morgan fingerprint density at radius 1 is 1.28 bits per heavy atom. The molecule has 1 heterocycles. The lowest BCUT2D eigenvalue weighted by atomic mass is 10.1. The number of carboxylic acids is 1. The molecular formula is C13H10O5. The van der Waals surface area contributed by atoms with Gasteiger partial charge in [-0.15, -0.1) is 0 Å². The van der Waals surface area contributed by atoms with Crippen molar-refractivity contribution >= 4 is 22.7 Å². The first kappa shape index (κ1) is 12.0. The number of carbonyl (C=O) groups is 2. The highest BCUT2D eigenvalue weighted by atomic mass is 16.4. The maximum absolute atomic E-state index is 11.8. The second kappa shape index (κ2) is 4.44. The van der Waals surface area contributed by atoms with Crippen molar-refractivity contribution < 1.29 is 19.1 Å². The molecular weight excluding hydrogens is 236 g/mol. The van der Waals surface area contributed by atoms with Gasteiger partial charge in [-0.2, -0.15) is 0 Å². The highest BCUT2D eigenvalue weighted by Gasteiger charge is 2.15. The van der Waals surface area contributed by atoms with Gasteiger partial charge in [-0.1, -0.05) is 11.6 Å². The number of hydrogen-bond donors (Lipinski definition) is 1. The molecule has 0 atom stereocenters. The van der Waals surface area contributed by atoms with E-state index in [1.54, 1.807) is 18.2 Å². The SMILES string of the molecule is Cc1ccc2oc(C(=O)CC(=O)O)cc(=O)c2c1. The molecule has 0 aliphatic heterocycles. The maximum atomic E-state index is 11.8. The van der Waals surface area contributed by atoms with Crippen LogP contribution >= 0.6 is 0 Å². The molecule has 1 aromatic heterocycles. The van der Waals surface area contributed by atoms with Crippen molar-refractivity contribution in [3.05, 3.63) is 45.8 Å². The molecule has 2 aromatic rings. The van der Waals surface area contributed by atoms with Crippen molar-refractivity contribution in [2.24, 2.45) is 0 Å². The number of hydrogen-bond acceptors (Lipinski definition) is 4. The number of carbonyl (C=O) groups excluding carboxylic acids is 1. The third-order valence-electron chi connectivity index (χ3n) is 2.47. The summed E-state index contributed by atoms with van der Waals surface area (Å²) < 4.78 is 5.25. The Morgan fingerprint density at radius 3 is 2.67 bits per heavy atom. The number of rotatable bonds is 3. The van der Waals surface area contributed by atoms with Crippen LogP contribution in [-0.4, -0.2) is 16.9 Å². The third-order valence-corrected chi connectivity index (χ3v) is 2.47. The topological polar surface area (TPSA) is 84.6 Å². The third kappa shape index (κ3) is 2.29. The van der Waals surface area contributed by atoms with Gasteiger partial charge in [0.1, 0.15) is 12.0 Å². The van der Waals surface area contributed by atoms with Crippen LogP contribution in [-0.2, 0) is 4.79 Å². The van der Waals surface area contributed by atoms with Gasteiger partial charge < -0.3 is 9.52 Å². The number of aliphatic carboxylic acids is 1. The van der Waals surface area contributed by atoms with E-state index >= 15 is 0 Å². The fraction of sp³-hybridized carbons (Fsp3) is 0.154. The van der Waals surface area contributed by atoms with Crippen molar-refractivity contribution in [2.75, 3.05) is 0 Å². The van der Waals surface area contributed by atoms with Gasteiger partial charge in [0.15, 0.2) is 11.2 Å². The smallest absolute Gasteiger partial charge is 0.311 e. The predicted octanol–water partition coefficient (Wildman–Crippen LogP) is 1.76. The molecule has 2 rings (SSSR count). The number of aryl methyl sites for hydroxylation is 1. The zero-order chi connectivity index (χ0) is 13.3. The van der Waals surface area contributed by atoms with Crippen LogP contribution in [0.2, 0.25) is 0 Å². The minimum Gasteiger partial charge on any atom is -0.481 e. The fourth-order valence-corrected chi connectivity index (χ4v) is 1.63. The zero-order valence-electron chi connectivity index (χ0n) is 9.60. The molecule has 0 radical (unpaired) electrons. The predicted molar refractivity (Wildman–Crippen MR) is 63.8 cm³/mol. The molecule has 0 saturated heterocycles. The van der Waals surface area contributed by atoms with E-state index in [1.807, 2.05) is 6.92 Å². The Morgan fingerprint density at radius 2 is 2.00 bits per heavy atom. The number of Topliss-reactive ketones (excluding diaryl/α,β-unsaturated/α-hetero) is 1. The molecule has 0 amide bonds. The molecule has 0 spiro atoms. The van der Waals surface area contributed by atoms with Gasteiger partial charge >= 0.3 is 5.97 Å². The monoisotopic (exact) mass is 246 g/mol. The number of ketones is 1.